The molecule has 1 N–H and O–H groups in total. The number of thiophene rings is 1. The maximum atomic E-state index is 12.2. The van der Waals surface area contributed by atoms with Crippen LogP contribution in [0.2, 0.25) is 0 Å². The Morgan fingerprint density at radius 2 is 2.00 bits per heavy atom. The van der Waals surface area contributed by atoms with Gasteiger partial charge in [-0.2, -0.15) is 0 Å². The van der Waals surface area contributed by atoms with Gasteiger partial charge in [0.2, 0.25) is 5.09 Å². The Bertz CT molecular complexity index is 788. The number of hydrogen-bond donors (Lipinski definition) is 1. The lowest BCUT2D eigenvalue weighted by Gasteiger charge is -2.07. The van der Waals surface area contributed by atoms with E-state index in [2.05, 4.69) is 5.32 Å². The van der Waals surface area contributed by atoms with Crippen LogP contribution in [0.15, 0.2) is 27.7 Å². The van der Waals surface area contributed by atoms with Gasteiger partial charge in [0.05, 0.1) is 12.1 Å². The number of nitrogens with one attached hydrogen (secondary N) is 1. The normalized spacial score (nSPS) is 11.9. The fourth-order valence-corrected chi connectivity index (χ4v) is 3.52. The van der Waals surface area contributed by atoms with Gasteiger partial charge in [-0.1, -0.05) is 0 Å². The Balaban J connectivity index is 2.15. The number of aryl methyl sites for hydroxylation is 2. The molecule has 0 aromatic carbocycles. The van der Waals surface area contributed by atoms with E-state index in [0.717, 1.165) is 9.18 Å². The van der Waals surface area contributed by atoms with E-state index in [1.807, 2.05) is 19.1 Å². The largest absolute Gasteiger partial charge is 0.448 e. The topological polar surface area (TPSA) is 79.6 Å². The second-order valence-electron chi connectivity index (χ2n) is 5.02. The molecule has 2 aromatic rings. The first-order valence-corrected chi connectivity index (χ1v) is 8.84. The molecule has 0 saturated carbocycles. The predicted molar refractivity (Wildman–Crippen MR) is 84.5 cm³/mol. The van der Waals surface area contributed by atoms with E-state index in [4.69, 9.17) is 4.42 Å². The summed E-state index contributed by atoms with van der Waals surface area (Å²) in [6, 6.07) is 5.20. The molecule has 6 nitrogen and oxygen atoms in total. The molecule has 22 heavy (non-hydrogen) atoms. The third-order valence-electron chi connectivity index (χ3n) is 3.09. The molecule has 2 aromatic heterocycles. The molecule has 0 aliphatic carbocycles. The number of nitrogens with zero attached hydrogens (tertiary/aromatic N) is 1. The molecule has 0 fully saturated rings. The molecule has 0 aliphatic rings. The zero-order valence-electron chi connectivity index (χ0n) is 12.8. The van der Waals surface area contributed by atoms with Crippen LogP contribution in [0.5, 0.6) is 0 Å². The van der Waals surface area contributed by atoms with Crippen molar-refractivity contribution >= 4 is 27.3 Å². The van der Waals surface area contributed by atoms with E-state index in [-0.39, 0.29) is 22.3 Å². The molecule has 1 amide bonds. The minimum atomic E-state index is -3.69. The SMILES string of the molecule is Cc1ccc(CNC(=O)c2cc(S(=O)(=O)N(C)C)oc2C)s1. The van der Waals surface area contributed by atoms with Gasteiger partial charge in [0.25, 0.3) is 15.9 Å². The monoisotopic (exact) mass is 342 g/mol. The van der Waals surface area contributed by atoms with Crippen LogP contribution < -0.4 is 5.32 Å². The van der Waals surface area contributed by atoms with Crippen molar-refractivity contribution < 1.29 is 17.6 Å². The average Bonchev–Trinajstić information content (AvgIpc) is 3.02. The lowest BCUT2D eigenvalue weighted by molar-refractivity contribution is 0.0949. The van der Waals surface area contributed by atoms with Crippen molar-refractivity contribution in [1.82, 2.24) is 9.62 Å². The maximum Gasteiger partial charge on any atom is 0.275 e. The number of hydrogen-bond acceptors (Lipinski definition) is 5. The van der Waals surface area contributed by atoms with Gasteiger partial charge >= 0.3 is 0 Å². The van der Waals surface area contributed by atoms with E-state index < -0.39 is 10.0 Å². The van der Waals surface area contributed by atoms with Gasteiger partial charge in [-0.3, -0.25) is 4.79 Å². The highest BCUT2D eigenvalue weighted by Crippen LogP contribution is 2.21. The Kier molecular flexibility index (Phi) is 4.74. The molecule has 8 heteroatoms. The van der Waals surface area contributed by atoms with Crippen LogP contribution in [-0.4, -0.2) is 32.7 Å². The standard InChI is InChI=1S/C14H18N2O4S2/c1-9-5-6-11(21-9)8-15-14(17)12-7-13(20-10(12)2)22(18,19)16(3)4/h5-7H,8H2,1-4H3,(H,15,17). The van der Waals surface area contributed by atoms with Crippen molar-refractivity contribution in [3.63, 3.8) is 0 Å². The summed E-state index contributed by atoms with van der Waals surface area (Å²) in [5.74, 6) is -0.0761. The molecule has 0 unspecified atom stereocenters. The first-order valence-electron chi connectivity index (χ1n) is 6.58. The Morgan fingerprint density at radius 1 is 1.32 bits per heavy atom. The molecule has 0 saturated heterocycles. The van der Waals surface area contributed by atoms with Gasteiger partial charge in [0, 0.05) is 29.9 Å². The van der Waals surface area contributed by atoms with Gasteiger partial charge in [0.15, 0.2) is 0 Å². The van der Waals surface area contributed by atoms with E-state index in [1.54, 1.807) is 18.3 Å². The van der Waals surface area contributed by atoms with E-state index in [1.165, 1.54) is 25.0 Å². The van der Waals surface area contributed by atoms with Crippen LogP contribution >= 0.6 is 11.3 Å². The van der Waals surface area contributed by atoms with Crippen LogP contribution in [0.4, 0.5) is 0 Å². The van der Waals surface area contributed by atoms with E-state index in [9.17, 15) is 13.2 Å². The van der Waals surface area contributed by atoms with E-state index >= 15 is 0 Å². The minimum absolute atomic E-state index is 0.230. The van der Waals surface area contributed by atoms with Crippen LogP contribution in [0, 0.1) is 13.8 Å². The Hall–Kier alpha value is -1.64. The number of carbonyl (C=O) groups is 1. The van der Waals surface area contributed by atoms with Crippen molar-refractivity contribution in [2.24, 2.45) is 0 Å². The van der Waals surface area contributed by atoms with Gasteiger partial charge in [0.1, 0.15) is 5.76 Å². The summed E-state index contributed by atoms with van der Waals surface area (Å²) >= 11 is 1.60. The van der Waals surface area contributed by atoms with Crippen molar-refractivity contribution in [2.75, 3.05) is 14.1 Å². The second-order valence-corrected chi connectivity index (χ2v) is 8.47. The van der Waals surface area contributed by atoms with Gasteiger partial charge < -0.3 is 9.73 Å². The summed E-state index contributed by atoms with van der Waals surface area (Å²) in [6.45, 7) is 3.96. The molecule has 0 spiro atoms. The molecule has 0 bridgehead atoms. The Morgan fingerprint density at radius 3 is 2.55 bits per heavy atom. The van der Waals surface area contributed by atoms with Gasteiger partial charge in [-0.15, -0.1) is 11.3 Å². The number of amides is 1. The molecule has 0 radical (unpaired) electrons. The first-order chi connectivity index (χ1) is 10.2. The van der Waals surface area contributed by atoms with Crippen LogP contribution in [-0.2, 0) is 16.6 Å². The Labute approximate surface area is 133 Å². The summed E-state index contributed by atoms with van der Waals surface area (Å²) in [7, 11) is -0.870. The molecule has 0 aliphatic heterocycles. The van der Waals surface area contributed by atoms with Gasteiger partial charge in [-0.25, -0.2) is 12.7 Å². The third kappa shape index (κ3) is 3.40. The fraction of sp³-hybridized carbons (Fsp3) is 0.357. The highest BCUT2D eigenvalue weighted by atomic mass is 32.2. The summed E-state index contributed by atoms with van der Waals surface area (Å²) in [5.41, 5.74) is 0.230. The third-order valence-corrected chi connectivity index (χ3v) is 5.77. The van der Waals surface area contributed by atoms with Crippen molar-refractivity contribution in [3.8, 4) is 0 Å². The predicted octanol–water partition coefficient (Wildman–Crippen LogP) is 2.14. The van der Waals surface area contributed by atoms with Crippen LogP contribution in [0.25, 0.3) is 0 Å². The number of carbonyl (C=O) groups excluding carboxylic acids is 1. The average molecular weight is 342 g/mol. The zero-order chi connectivity index (χ0) is 16.5. The van der Waals surface area contributed by atoms with E-state index in [0.29, 0.717) is 6.54 Å². The summed E-state index contributed by atoms with van der Waals surface area (Å²) < 4.78 is 30.3. The van der Waals surface area contributed by atoms with Crippen molar-refractivity contribution in [2.45, 2.75) is 25.5 Å². The summed E-state index contributed by atoms with van der Waals surface area (Å²) in [6.07, 6.45) is 0. The highest BCUT2D eigenvalue weighted by molar-refractivity contribution is 7.88. The molecule has 120 valence electrons. The van der Waals surface area contributed by atoms with Crippen molar-refractivity contribution in [3.05, 3.63) is 39.3 Å². The minimum Gasteiger partial charge on any atom is -0.448 e. The van der Waals surface area contributed by atoms with Crippen molar-refractivity contribution in [1.29, 1.82) is 0 Å². The quantitative estimate of drug-likeness (QED) is 0.903. The highest BCUT2D eigenvalue weighted by Gasteiger charge is 2.25. The van der Waals surface area contributed by atoms with Gasteiger partial charge in [-0.05, 0) is 26.0 Å². The molecule has 0 atom stereocenters. The summed E-state index contributed by atoms with van der Waals surface area (Å²) in [4.78, 5) is 14.4. The number of furan rings is 1. The number of sulfonamides is 1. The summed E-state index contributed by atoms with van der Waals surface area (Å²) in [5, 5.41) is 2.54. The first kappa shape index (κ1) is 16.7. The number of rotatable bonds is 5. The molecule has 2 rings (SSSR count). The molecule has 2 heterocycles. The van der Waals surface area contributed by atoms with Crippen LogP contribution in [0.3, 0.4) is 0 Å². The lowest BCUT2D eigenvalue weighted by Crippen LogP contribution is -2.23. The second kappa shape index (κ2) is 6.23. The smallest absolute Gasteiger partial charge is 0.275 e. The van der Waals surface area contributed by atoms with Crippen LogP contribution in [0.1, 0.15) is 25.9 Å². The zero-order valence-corrected chi connectivity index (χ0v) is 14.5. The molecular formula is C14H18N2O4S2. The fourth-order valence-electron chi connectivity index (χ4n) is 1.83. The lowest BCUT2D eigenvalue weighted by atomic mass is 10.2. The maximum absolute atomic E-state index is 12.2. The molecular weight excluding hydrogens is 324 g/mol.